The van der Waals surface area contributed by atoms with E-state index < -0.39 is 46.7 Å². The Morgan fingerprint density at radius 3 is 2.23 bits per heavy atom. The number of benzene rings is 2. The van der Waals surface area contributed by atoms with Gasteiger partial charge in [-0.15, -0.1) is 0 Å². The number of nitrogens with one attached hydrogen (secondary N) is 1. The molecule has 1 amide bonds. The number of fused-ring (bicyclic) bond motifs is 1. The van der Waals surface area contributed by atoms with Crippen molar-refractivity contribution in [2.24, 2.45) is 0 Å². The number of amides is 1. The fraction of sp³-hybridized carbons (Fsp3) is 0.375. The van der Waals surface area contributed by atoms with E-state index in [1.165, 1.54) is 23.8 Å². The van der Waals surface area contributed by atoms with E-state index in [0.717, 1.165) is 6.07 Å². The maximum absolute atomic E-state index is 16.1. The van der Waals surface area contributed by atoms with Gasteiger partial charge in [-0.2, -0.15) is 0 Å². The highest BCUT2D eigenvalue weighted by Crippen LogP contribution is 2.43. The second-order valence-corrected chi connectivity index (χ2v) is 12.5. The number of aromatic nitrogens is 1. The maximum atomic E-state index is 16.1. The first-order valence-corrected chi connectivity index (χ1v) is 14.1. The van der Waals surface area contributed by atoms with Gasteiger partial charge in [0, 0.05) is 28.5 Å². The van der Waals surface area contributed by atoms with Gasteiger partial charge < -0.3 is 14.2 Å². The van der Waals surface area contributed by atoms with Crippen molar-refractivity contribution in [1.29, 1.82) is 0 Å². The highest BCUT2D eigenvalue weighted by Gasteiger charge is 2.38. The van der Waals surface area contributed by atoms with Gasteiger partial charge >= 0.3 is 18.0 Å². The minimum absolute atomic E-state index is 0.0602. The van der Waals surface area contributed by atoms with Crippen molar-refractivity contribution in [1.82, 2.24) is 4.57 Å². The molecule has 0 bridgehead atoms. The molecule has 43 heavy (non-hydrogen) atoms. The monoisotopic (exact) mass is 612 g/mol. The first kappa shape index (κ1) is 31.7. The third-order valence-electron chi connectivity index (χ3n) is 6.61. The largest absolute Gasteiger partial charge is 0.465 e. The van der Waals surface area contributed by atoms with Crippen LogP contribution in [0.4, 0.5) is 14.9 Å². The fourth-order valence-electron chi connectivity index (χ4n) is 5.06. The van der Waals surface area contributed by atoms with Gasteiger partial charge in [0.2, 0.25) is 0 Å². The molecule has 1 N–H and O–H groups in total. The molecule has 0 aliphatic carbocycles. The van der Waals surface area contributed by atoms with Gasteiger partial charge in [-0.3, -0.25) is 14.7 Å². The summed E-state index contributed by atoms with van der Waals surface area (Å²) in [5.74, 6) is -2.33. The summed E-state index contributed by atoms with van der Waals surface area (Å²) in [5, 5.41) is 2.44. The summed E-state index contributed by atoms with van der Waals surface area (Å²) in [6.07, 6.45) is -0.369. The quantitative estimate of drug-likeness (QED) is 0.245. The zero-order valence-corrected chi connectivity index (χ0v) is 25.8. The van der Waals surface area contributed by atoms with E-state index in [4.69, 9.17) is 25.8 Å². The number of anilines is 1. The topological polar surface area (TPSA) is 113 Å². The van der Waals surface area contributed by atoms with Crippen LogP contribution in [-0.4, -0.2) is 40.9 Å². The van der Waals surface area contributed by atoms with Gasteiger partial charge in [0.1, 0.15) is 23.1 Å². The van der Waals surface area contributed by atoms with Gasteiger partial charge in [0.25, 0.3) is 5.56 Å². The number of hydrogen-bond acceptors (Lipinski definition) is 7. The normalized spacial score (nSPS) is 14.6. The molecule has 1 unspecified atom stereocenters. The van der Waals surface area contributed by atoms with E-state index >= 15 is 4.39 Å². The lowest BCUT2D eigenvalue weighted by Crippen LogP contribution is -2.34. The van der Waals surface area contributed by atoms with E-state index in [2.05, 4.69) is 5.32 Å². The van der Waals surface area contributed by atoms with Crippen molar-refractivity contribution in [2.75, 3.05) is 12.4 Å². The average molecular weight is 613 g/mol. The molecular weight excluding hydrogens is 579 g/mol. The summed E-state index contributed by atoms with van der Waals surface area (Å²) in [6.45, 7) is 10.3. The summed E-state index contributed by atoms with van der Waals surface area (Å²) in [5.41, 5.74) is -1.35. The van der Waals surface area contributed by atoms with Crippen LogP contribution < -0.4 is 10.9 Å². The Bertz CT molecular complexity index is 1670. The molecule has 2 aromatic carbocycles. The van der Waals surface area contributed by atoms with E-state index in [1.54, 1.807) is 65.8 Å². The van der Waals surface area contributed by atoms with Crippen molar-refractivity contribution in [3.05, 3.63) is 74.9 Å². The minimum Gasteiger partial charge on any atom is -0.465 e. The Kier molecular flexibility index (Phi) is 8.74. The molecule has 0 spiro atoms. The van der Waals surface area contributed by atoms with Crippen LogP contribution in [0, 0.1) is 5.82 Å². The van der Waals surface area contributed by atoms with E-state index in [-0.39, 0.29) is 45.8 Å². The van der Waals surface area contributed by atoms with Crippen LogP contribution in [-0.2, 0) is 25.4 Å². The van der Waals surface area contributed by atoms with Crippen LogP contribution in [0.2, 0.25) is 5.02 Å². The smallest absolute Gasteiger partial charge is 0.412 e. The van der Waals surface area contributed by atoms with E-state index in [1.807, 2.05) is 0 Å². The zero-order chi connectivity index (χ0) is 31.9. The average Bonchev–Trinajstić information content (AvgIpc) is 3.34. The summed E-state index contributed by atoms with van der Waals surface area (Å²) in [4.78, 5) is 52.6. The van der Waals surface area contributed by atoms with E-state index in [0.29, 0.717) is 11.3 Å². The minimum atomic E-state index is -0.971. The maximum Gasteiger partial charge on any atom is 0.412 e. The second-order valence-electron chi connectivity index (χ2n) is 12.1. The molecule has 1 atom stereocenters. The summed E-state index contributed by atoms with van der Waals surface area (Å²) in [6, 6.07) is 9.64. The Hall–Kier alpha value is -4.18. The predicted octanol–water partition coefficient (Wildman–Crippen LogP) is 6.94. The number of carbonyl (C=O) groups is 3. The number of hydrogen-bond donors (Lipinski definition) is 1. The number of nitrogens with zero attached hydrogens (tertiary/aromatic N) is 1. The highest BCUT2D eigenvalue weighted by atomic mass is 35.5. The third-order valence-corrected chi connectivity index (χ3v) is 6.90. The molecule has 228 valence electrons. The molecule has 1 aliphatic rings. The molecule has 9 nitrogen and oxygen atoms in total. The predicted molar refractivity (Wildman–Crippen MR) is 161 cm³/mol. The molecule has 2 heterocycles. The molecule has 0 saturated heterocycles. The molecule has 4 rings (SSSR count). The number of rotatable bonds is 5. The van der Waals surface area contributed by atoms with Crippen molar-refractivity contribution in [3.8, 4) is 22.3 Å². The number of esters is 2. The van der Waals surface area contributed by atoms with Crippen molar-refractivity contribution < 1.29 is 33.0 Å². The highest BCUT2D eigenvalue weighted by molar-refractivity contribution is 6.31. The molecule has 3 aromatic rings. The molecule has 11 heteroatoms. The number of methoxy groups -OCH3 is 1. The van der Waals surface area contributed by atoms with Gasteiger partial charge in [0.05, 0.1) is 23.4 Å². The van der Waals surface area contributed by atoms with Gasteiger partial charge in [-0.1, -0.05) is 35.9 Å². The third kappa shape index (κ3) is 6.74. The van der Waals surface area contributed by atoms with Gasteiger partial charge in [0.15, 0.2) is 0 Å². The second kappa shape index (κ2) is 11.8. The standard InChI is InChI=1S/C32H34ClFN2O7/c1-31(2,3)42-28(38)23-15-14-22-26(29(39)41-7)19(16-24(37)36(22)23)25-18(12-13-20(33)27(25)34)17-10-8-9-11-21(17)35-30(40)43-32(4,5)6/h8-13,16,23H,14-15H2,1-7H3,(H,35,40). The first-order valence-electron chi connectivity index (χ1n) is 13.7. The van der Waals surface area contributed by atoms with Gasteiger partial charge in [-0.25, -0.2) is 18.8 Å². The molecular formula is C32H34ClFN2O7. The Balaban J connectivity index is 1.96. The summed E-state index contributed by atoms with van der Waals surface area (Å²) >= 11 is 6.24. The number of halogens is 2. The van der Waals surface area contributed by atoms with Crippen LogP contribution in [0.1, 0.15) is 70.1 Å². The van der Waals surface area contributed by atoms with Crippen LogP contribution in [0.5, 0.6) is 0 Å². The summed E-state index contributed by atoms with van der Waals surface area (Å²) < 4.78 is 33.3. The molecule has 0 fully saturated rings. The van der Waals surface area contributed by atoms with Crippen LogP contribution >= 0.6 is 11.6 Å². The molecule has 1 aromatic heterocycles. The Morgan fingerprint density at radius 1 is 0.953 bits per heavy atom. The Labute approximate surface area is 253 Å². The fourth-order valence-corrected chi connectivity index (χ4v) is 5.22. The van der Waals surface area contributed by atoms with Crippen LogP contribution in [0.25, 0.3) is 22.3 Å². The Morgan fingerprint density at radius 2 is 1.60 bits per heavy atom. The number of pyridine rings is 1. The lowest BCUT2D eigenvalue weighted by molar-refractivity contribution is -0.158. The van der Waals surface area contributed by atoms with Crippen LogP contribution in [0.15, 0.2) is 47.3 Å². The molecule has 0 saturated carbocycles. The van der Waals surface area contributed by atoms with Gasteiger partial charge in [-0.05, 0) is 72.1 Å². The molecule has 1 aliphatic heterocycles. The zero-order valence-electron chi connectivity index (χ0n) is 25.1. The SMILES string of the molecule is COC(=O)c1c(-c2c(-c3ccccc3NC(=O)OC(C)(C)C)ccc(Cl)c2F)cc(=O)n2c1CCC2C(=O)OC(C)(C)C. The van der Waals surface area contributed by atoms with E-state index in [9.17, 15) is 19.2 Å². The first-order chi connectivity index (χ1) is 20.0. The molecule has 0 radical (unpaired) electrons. The van der Waals surface area contributed by atoms with Crippen LogP contribution in [0.3, 0.4) is 0 Å². The number of carbonyl (C=O) groups excluding carboxylic acids is 3. The summed E-state index contributed by atoms with van der Waals surface area (Å²) in [7, 11) is 1.17. The number of para-hydroxylation sites is 1. The number of ether oxygens (including phenoxy) is 3. The van der Waals surface area contributed by atoms with Crippen molar-refractivity contribution in [2.45, 2.75) is 71.6 Å². The van der Waals surface area contributed by atoms with Crippen molar-refractivity contribution >= 4 is 35.3 Å². The lowest BCUT2D eigenvalue weighted by Gasteiger charge is -2.24. The lowest BCUT2D eigenvalue weighted by atomic mass is 9.90. The van der Waals surface area contributed by atoms with Crippen molar-refractivity contribution in [3.63, 3.8) is 0 Å².